The van der Waals surface area contributed by atoms with E-state index in [0.29, 0.717) is 27.3 Å². The third-order valence-corrected chi connectivity index (χ3v) is 3.91. The molecule has 2 aromatic heterocycles. The van der Waals surface area contributed by atoms with Crippen LogP contribution >= 0.6 is 22.6 Å². The number of rotatable bonds is 6. The highest BCUT2D eigenvalue weighted by molar-refractivity contribution is 14.1. The molecule has 0 fully saturated rings. The zero-order chi connectivity index (χ0) is 17.7. The van der Waals surface area contributed by atoms with Crippen molar-refractivity contribution in [1.82, 2.24) is 15.2 Å². The first kappa shape index (κ1) is 18.5. The van der Waals surface area contributed by atoms with Crippen molar-refractivity contribution < 1.29 is 13.9 Å². The largest absolute Gasteiger partial charge is 0.461 e. The Balaban J connectivity index is 2.40. The van der Waals surface area contributed by atoms with Gasteiger partial charge < -0.3 is 10.1 Å². The van der Waals surface area contributed by atoms with Gasteiger partial charge in [-0.3, -0.25) is 0 Å². The van der Waals surface area contributed by atoms with Crippen LogP contribution in [0.4, 0.5) is 15.9 Å². The predicted octanol–water partition coefficient (Wildman–Crippen LogP) is 3.99. The molecule has 0 bridgehead atoms. The molecule has 0 amide bonds. The number of alkyl halides is 1. The van der Waals surface area contributed by atoms with E-state index in [1.807, 2.05) is 13.8 Å². The molecule has 24 heavy (non-hydrogen) atoms. The molecular weight excluding hydrogens is 426 g/mol. The van der Waals surface area contributed by atoms with Crippen LogP contribution in [-0.4, -0.2) is 27.8 Å². The maximum Gasteiger partial charge on any atom is 0.361 e. The highest BCUT2D eigenvalue weighted by Gasteiger charge is 2.18. The van der Waals surface area contributed by atoms with Crippen LogP contribution in [-0.2, 0) is 9.16 Å². The van der Waals surface area contributed by atoms with Crippen LogP contribution in [0.15, 0.2) is 18.2 Å². The van der Waals surface area contributed by atoms with Crippen LogP contribution in [0.3, 0.4) is 0 Å². The van der Waals surface area contributed by atoms with Gasteiger partial charge in [0.15, 0.2) is 5.69 Å². The predicted molar refractivity (Wildman–Crippen MR) is 97.3 cm³/mol. The lowest BCUT2D eigenvalue weighted by molar-refractivity contribution is 0.0519. The Morgan fingerprint density at radius 3 is 2.75 bits per heavy atom. The van der Waals surface area contributed by atoms with Gasteiger partial charge in [0, 0.05) is 4.43 Å². The molecular formula is C16H18FIN4O2. The summed E-state index contributed by atoms with van der Waals surface area (Å²) in [5, 5.41) is 11.0. The fourth-order valence-electron chi connectivity index (χ4n) is 2.01. The molecule has 0 aliphatic heterocycles. The summed E-state index contributed by atoms with van der Waals surface area (Å²) in [7, 11) is 0. The van der Waals surface area contributed by atoms with Crippen LogP contribution < -0.4 is 5.32 Å². The number of carbonyl (C=O) groups is 1. The molecule has 0 saturated heterocycles. The van der Waals surface area contributed by atoms with E-state index in [9.17, 15) is 9.18 Å². The number of anilines is 2. The average molecular weight is 444 g/mol. The van der Waals surface area contributed by atoms with Crippen molar-refractivity contribution in [3.63, 3.8) is 0 Å². The highest BCUT2D eigenvalue weighted by atomic mass is 127. The van der Waals surface area contributed by atoms with Gasteiger partial charge in [-0.1, -0.05) is 36.4 Å². The minimum absolute atomic E-state index is 0.0586. The van der Waals surface area contributed by atoms with Gasteiger partial charge in [-0.2, -0.15) is 5.10 Å². The van der Waals surface area contributed by atoms with Crippen molar-refractivity contribution in [3.05, 3.63) is 41.1 Å². The van der Waals surface area contributed by atoms with Gasteiger partial charge >= 0.3 is 5.97 Å². The van der Waals surface area contributed by atoms with E-state index in [1.165, 1.54) is 12.1 Å². The van der Waals surface area contributed by atoms with E-state index in [1.54, 1.807) is 13.0 Å². The second kappa shape index (κ2) is 8.32. The first-order valence-corrected chi connectivity index (χ1v) is 9.02. The van der Waals surface area contributed by atoms with E-state index in [2.05, 4.69) is 43.1 Å². The van der Waals surface area contributed by atoms with Crippen LogP contribution in [0.5, 0.6) is 0 Å². The Morgan fingerprint density at radius 1 is 1.38 bits per heavy atom. The minimum Gasteiger partial charge on any atom is -0.461 e. The SMILES string of the molecule is CCOC(=O)c1nnc(CI)cc1Nc1ccc(F)c(C(C)C)n1. The third-order valence-electron chi connectivity index (χ3n) is 3.13. The lowest BCUT2D eigenvalue weighted by atomic mass is 10.1. The maximum atomic E-state index is 13.8. The summed E-state index contributed by atoms with van der Waals surface area (Å²) in [5.41, 5.74) is 1.57. The Labute approximate surface area is 153 Å². The molecule has 0 aliphatic rings. The quantitative estimate of drug-likeness (QED) is 0.413. The standard InChI is InChI=1S/C16H18FIN4O2/c1-4-24-16(23)15-12(7-10(8-18)21-22-15)19-13-6-5-11(17)14(20-13)9(2)3/h5-7,9H,4,8H2,1-3H3,(H,19,20,21). The second-order valence-corrected chi connectivity index (χ2v) is 6.06. The van der Waals surface area contributed by atoms with Crippen molar-refractivity contribution in [3.8, 4) is 0 Å². The van der Waals surface area contributed by atoms with Gasteiger partial charge in [0.25, 0.3) is 0 Å². The molecule has 1 N–H and O–H groups in total. The maximum absolute atomic E-state index is 13.8. The van der Waals surface area contributed by atoms with Gasteiger partial charge in [-0.05, 0) is 31.0 Å². The van der Waals surface area contributed by atoms with Crippen LogP contribution in [0.2, 0.25) is 0 Å². The fourth-order valence-corrected chi connectivity index (χ4v) is 2.39. The monoisotopic (exact) mass is 444 g/mol. The van der Waals surface area contributed by atoms with Gasteiger partial charge in [-0.15, -0.1) is 5.10 Å². The lowest BCUT2D eigenvalue weighted by Gasteiger charge is -2.13. The van der Waals surface area contributed by atoms with Gasteiger partial charge in [0.1, 0.15) is 11.6 Å². The number of aromatic nitrogens is 3. The van der Waals surface area contributed by atoms with Gasteiger partial charge in [0.05, 0.1) is 23.7 Å². The number of hydrogen-bond donors (Lipinski definition) is 1. The molecule has 0 aromatic carbocycles. The molecule has 0 aliphatic carbocycles. The number of nitrogens with zero attached hydrogens (tertiary/aromatic N) is 3. The molecule has 0 atom stereocenters. The van der Waals surface area contributed by atoms with Crippen molar-refractivity contribution >= 4 is 40.1 Å². The van der Waals surface area contributed by atoms with Gasteiger partial charge in [0.2, 0.25) is 0 Å². The zero-order valence-corrected chi connectivity index (χ0v) is 15.8. The number of esters is 1. The van der Waals surface area contributed by atoms with Crippen molar-refractivity contribution in [1.29, 1.82) is 0 Å². The summed E-state index contributed by atoms with van der Waals surface area (Å²) >= 11 is 2.15. The average Bonchev–Trinajstić information content (AvgIpc) is 2.56. The minimum atomic E-state index is -0.571. The third kappa shape index (κ3) is 4.37. The summed E-state index contributed by atoms with van der Waals surface area (Å²) in [5.74, 6) is -0.560. The first-order chi connectivity index (χ1) is 11.5. The van der Waals surface area contributed by atoms with Crippen molar-refractivity contribution in [2.45, 2.75) is 31.1 Å². The number of halogens is 2. The highest BCUT2D eigenvalue weighted by Crippen LogP contribution is 2.23. The van der Waals surface area contributed by atoms with Gasteiger partial charge in [-0.25, -0.2) is 14.2 Å². The molecule has 0 spiro atoms. The number of pyridine rings is 1. The van der Waals surface area contributed by atoms with E-state index in [0.717, 1.165) is 0 Å². The second-order valence-electron chi connectivity index (χ2n) is 5.30. The smallest absolute Gasteiger partial charge is 0.361 e. The zero-order valence-electron chi connectivity index (χ0n) is 13.6. The van der Waals surface area contributed by atoms with Crippen LogP contribution in [0.1, 0.15) is 48.6 Å². The number of carbonyl (C=O) groups excluding carboxylic acids is 1. The molecule has 8 heteroatoms. The van der Waals surface area contributed by atoms with Crippen molar-refractivity contribution in [2.24, 2.45) is 0 Å². The Hall–Kier alpha value is -1.84. The Morgan fingerprint density at radius 2 is 2.12 bits per heavy atom. The molecule has 2 heterocycles. The van der Waals surface area contributed by atoms with Crippen LogP contribution in [0, 0.1) is 5.82 Å². The summed E-state index contributed by atoms with van der Waals surface area (Å²) in [6.07, 6.45) is 0. The molecule has 2 aromatic rings. The molecule has 0 radical (unpaired) electrons. The van der Waals surface area contributed by atoms with Crippen molar-refractivity contribution in [2.75, 3.05) is 11.9 Å². The van der Waals surface area contributed by atoms with Crippen LogP contribution in [0.25, 0.3) is 0 Å². The first-order valence-electron chi connectivity index (χ1n) is 7.49. The number of hydrogen-bond acceptors (Lipinski definition) is 6. The lowest BCUT2D eigenvalue weighted by Crippen LogP contribution is -2.13. The van der Waals surface area contributed by atoms with E-state index in [4.69, 9.17) is 4.74 Å². The topological polar surface area (TPSA) is 77.0 Å². The molecule has 128 valence electrons. The van der Waals surface area contributed by atoms with E-state index in [-0.39, 0.29) is 24.0 Å². The summed E-state index contributed by atoms with van der Waals surface area (Å²) < 4.78 is 19.4. The Kier molecular flexibility index (Phi) is 6.41. The summed E-state index contributed by atoms with van der Waals surface area (Å²) in [6, 6.07) is 4.58. The number of nitrogens with one attached hydrogen (secondary N) is 1. The van der Waals surface area contributed by atoms with E-state index < -0.39 is 5.97 Å². The number of ether oxygens (including phenoxy) is 1. The Bertz CT molecular complexity index is 740. The summed E-state index contributed by atoms with van der Waals surface area (Å²) in [6.45, 7) is 5.68. The molecule has 2 rings (SSSR count). The summed E-state index contributed by atoms with van der Waals surface area (Å²) in [4.78, 5) is 16.3. The normalized spacial score (nSPS) is 10.8. The fraction of sp³-hybridized carbons (Fsp3) is 0.375. The molecule has 0 saturated carbocycles. The molecule has 6 nitrogen and oxygen atoms in total. The van der Waals surface area contributed by atoms with E-state index >= 15 is 0 Å². The molecule has 0 unspecified atom stereocenters.